The van der Waals surface area contributed by atoms with Gasteiger partial charge in [0.1, 0.15) is 0 Å². The van der Waals surface area contributed by atoms with Gasteiger partial charge in [0, 0.05) is 18.2 Å². The van der Waals surface area contributed by atoms with Crippen LogP contribution in [0.4, 0.5) is 0 Å². The number of carboxylic acids is 1. The first kappa shape index (κ1) is 18.1. The highest BCUT2D eigenvalue weighted by molar-refractivity contribution is 5.87. The predicted molar refractivity (Wildman–Crippen MR) is 98.0 cm³/mol. The summed E-state index contributed by atoms with van der Waals surface area (Å²) in [7, 11) is 1.44. The van der Waals surface area contributed by atoms with Crippen LogP contribution in [-0.2, 0) is 9.53 Å². The lowest BCUT2D eigenvalue weighted by molar-refractivity contribution is -0.142. The molecule has 0 aliphatic heterocycles. The number of esters is 1. The number of carbonyl (C=O) groups is 2. The zero-order valence-corrected chi connectivity index (χ0v) is 14.9. The lowest BCUT2D eigenvalue weighted by Gasteiger charge is -2.28. The molecule has 1 saturated carbocycles. The average Bonchev–Trinajstić information content (AvgIpc) is 2.68. The van der Waals surface area contributed by atoms with Gasteiger partial charge in [-0.05, 0) is 55.2 Å². The van der Waals surface area contributed by atoms with Gasteiger partial charge < -0.3 is 9.84 Å². The molecule has 1 aromatic heterocycles. The van der Waals surface area contributed by atoms with Crippen molar-refractivity contribution < 1.29 is 19.4 Å². The van der Waals surface area contributed by atoms with Gasteiger partial charge in [0.05, 0.1) is 18.4 Å². The van der Waals surface area contributed by atoms with Crippen molar-refractivity contribution in [3.8, 4) is 11.3 Å². The molecular formula is C21H23NO4. The summed E-state index contributed by atoms with van der Waals surface area (Å²) in [5, 5.41) is 8.94. The van der Waals surface area contributed by atoms with Gasteiger partial charge >= 0.3 is 11.9 Å². The zero-order valence-electron chi connectivity index (χ0n) is 14.9. The molecule has 1 aromatic carbocycles. The van der Waals surface area contributed by atoms with Crippen molar-refractivity contribution in [2.75, 3.05) is 7.11 Å². The minimum atomic E-state index is -0.970. The maximum atomic E-state index is 11.4. The molecule has 0 spiro atoms. The van der Waals surface area contributed by atoms with E-state index in [2.05, 4.69) is 17.1 Å². The second kappa shape index (κ2) is 8.13. The molecule has 0 radical (unpaired) electrons. The summed E-state index contributed by atoms with van der Waals surface area (Å²) < 4.78 is 4.76. The molecule has 1 aliphatic rings. The van der Waals surface area contributed by atoms with Crippen molar-refractivity contribution in [2.45, 2.75) is 38.0 Å². The molecule has 5 nitrogen and oxygen atoms in total. The van der Waals surface area contributed by atoms with Crippen molar-refractivity contribution in [3.05, 3.63) is 53.7 Å². The number of carboxylic acid groups (broad SMARTS) is 1. The SMILES string of the molecule is COC(=O)CC1CCC(c2ccc(-c3ccc(C(=O)O)cn3)cc2)CC1. The Kier molecular flexibility index (Phi) is 5.66. The second-order valence-corrected chi connectivity index (χ2v) is 6.86. The Morgan fingerprint density at radius 1 is 1.08 bits per heavy atom. The van der Waals surface area contributed by atoms with Crippen LogP contribution in [0.3, 0.4) is 0 Å². The number of aromatic carboxylic acids is 1. The molecule has 2 aromatic rings. The predicted octanol–water partition coefficient (Wildman–Crippen LogP) is 4.28. The van der Waals surface area contributed by atoms with Crippen LogP contribution in [0.1, 0.15) is 53.9 Å². The van der Waals surface area contributed by atoms with E-state index in [9.17, 15) is 9.59 Å². The summed E-state index contributed by atoms with van der Waals surface area (Å²) in [6, 6.07) is 11.6. The van der Waals surface area contributed by atoms with E-state index in [0.717, 1.165) is 36.9 Å². The number of carbonyl (C=O) groups excluding carboxylic acids is 1. The molecule has 0 saturated heterocycles. The Bertz CT molecular complexity index is 760. The van der Waals surface area contributed by atoms with Gasteiger partial charge in [-0.15, -0.1) is 0 Å². The van der Waals surface area contributed by atoms with Crippen molar-refractivity contribution >= 4 is 11.9 Å². The molecule has 136 valence electrons. The fourth-order valence-corrected chi connectivity index (χ4v) is 3.64. The number of ether oxygens (including phenoxy) is 1. The van der Waals surface area contributed by atoms with Gasteiger partial charge in [0.2, 0.25) is 0 Å². The van der Waals surface area contributed by atoms with Gasteiger partial charge in [-0.2, -0.15) is 0 Å². The lowest BCUT2D eigenvalue weighted by atomic mass is 9.77. The van der Waals surface area contributed by atoms with E-state index in [0.29, 0.717) is 18.3 Å². The van der Waals surface area contributed by atoms with Crippen molar-refractivity contribution in [1.29, 1.82) is 0 Å². The largest absolute Gasteiger partial charge is 0.478 e. The van der Waals surface area contributed by atoms with E-state index >= 15 is 0 Å². The monoisotopic (exact) mass is 353 g/mol. The molecule has 0 amide bonds. The van der Waals surface area contributed by atoms with Crippen LogP contribution in [0.2, 0.25) is 0 Å². The normalized spacial score (nSPS) is 19.7. The number of pyridine rings is 1. The smallest absolute Gasteiger partial charge is 0.337 e. The topological polar surface area (TPSA) is 76.5 Å². The molecule has 1 aliphatic carbocycles. The average molecular weight is 353 g/mol. The third kappa shape index (κ3) is 4.28. The number of hydrogen-bond donors (Lipinski definition) is 1. The highest BCUT2D eigenvalue weighted by Crippen LogP contribution is 2.37. The van der Waals surface area contributed by atoms with Gasteiger partial charge in [-0.3, -0.25) is 9.78 Å². The van der Waals surface area contributed by atoms with Crippen molar-refractivity contribution in [3.63, 3.8) is 0 Å². The van der Waals surface area contributed by atoms with E-state index in [1.54, 1.807) is 12.1 Å². The minimum Gasteiger partial charge on any atom is -0.478 e. The van der Waals surface area contributed by atoms with Crippen molar-refractivity contribution in [2.24, 2.45) is 5.92 Å². The summed E-state index contributed by atoms with van der Waals surface area (Å²) in [4.78, 5) is 26.5. The van der Waals surface area contributed by atoms with Crippen molar-refractivity contribution in [1.82, 2.24) is 4.98 Å². The Morgan fingerprint density at radius 3 is 2.31 bits per heavy atom. The van der Waals surface area contributed by atoms with E-state index in [-0.39, 0.29) is 11.5 Å². The molecule has 3 rings (SSSR count). The van der Waals surface area contributed by atoms with E-state index in [4.69, 9.17) is 9.84 Å². The standard InChI is InChI=1S/C21H23NO4/c1-26-20(23)12-14-2-4-15(5-3-14)16-6-8-17(9-7-16)19-11-10-18(13-22-19)21(24)25/h6-11,13-15H,2-5,12H2,1H3,(H,24,25). The first-order valence-corrected chi connectivity index (χ1v) is 8.93. The molecule has 5 heteroatoms. The maximum Gasteiger partial charge on any atom is 0.337 e. The second-order valence-electron chi connectivity index (χ2n) is 6.86. The zero-order chi connectivity index (χ0) is 18.5. The molecule has 26 heavy (non-hydrogen) atoms. The van der Waals surface area contributed by atoms with Gasteiger partial charge in [0.25, 0.3) is 0 Å². The van der Waals surface area contributed by atoms with Crippen LogP contribution in [0.15, 0.2) is 42.6 Å². The van der Waals surface area contributed by atoms with Gasteiger partial charge in [-0.25, -0.2) is 4.79 Å². The quantitative estimate of drug-likeness (QED) is 0.812. The van der Waals surface area contributed by atoms with E-state index in [1.807, 2.05) is 12.1 Å². The first-order chi connectivity index (χ1) is 12.6. The summed E-state index contributed by atoms with van der Waals surface area (Å²) in [5.74, 6) is -0.114. The lowest BCUT2D eigenvalue weighted by Crippen LogP contribution is -2.17. The summed E-state index contributed by atoms with van der Waals surface area (Å²) >= 11 is 0. The third-order valence-corrected chi connectivity index (χ3v) is 5.22. The van der Waals surface area contributed by atoms with Crippen LogP contribution in [0, 0.1) is 5.92 Å². The number of rotatable bonds is 5. The number of methoxy groups -OCH3 is 1. The molecule has 0 bridgehead atoms. The third-order valence-electron chi connectivity index (χ3n) is 5.22. The van der Waals surface area contributed by atoms with Crippen LogP contribution in [0.25, 0.3) is 11.3 Å². The van der Waals surface area contributed by atoms with Crippen LogP contribution >= 0.6 is 0 Å². The van der Waals surface area contributed by atoms with Gasteiger partial charge in [0.15, 0.2) is 0 Å². The Morgan fingerprint density at radius 2 is 1.77 bits per heavy atom. The van der Waals surface area contributed by atoms with Crippen LogP contribution in [0.5, 0.6) is 0 Å². The van der Waals surface area contributed by atoms with Crippen LogP contribution < -0.4 is 0 Å². The Balaban J connectivity index is 1.61. The Hall–Kier alpha value is -2.69. The molecule has 1 heterocycles. The summed E-state index contributed by atoms with van der Waals surface area (Å²) in [5.41, 5.74) is 3.25. The fraction of sp³-hybridized carbons (Fsp3) is 0.381. The first-order valence-electron chi connectivity index (χ1n) is 8.93. The summed E-state index contributed by atoms with van der Waals surface area (Å²) in [6.45, 7) is 0. The minimum absolute atomic E-state index is 0.112. The number of benzene rings is 1. The highest BCUT2D eigenvalue weighted by atomic mass is 16.5. The van der Waals surface area contributed by atoms with Gasteiger partial charge in [-0.1, -0.05) is 24.3 Å². The number of nitrogens with zero attached hydrogens (tertiary/aromatic N) is 1. The molecule has 1 fully saturated rings. The molecular weight excluding hydrogens is 330 g/mol. The Labute approximate surface area is 153 Å². The highest BCUT2D eigenvalue weighted by Gasteiger charge is 2.24. The fourth-order valence-electron chi connectivity index (χ4n) is 3.64. The number of hydrogen-bond acceptors (Lipinski definition) is 4. The maximum absolute atomic E-state index is 11.4. The molecule has 0 atom stereocenters. The van der Waals surface area contributed by atoms with Crippen LogP contribution in [-0.4, -0.2) is 29.1 Å². The summed E-state index contributed by atoms with van der Waals surface area (Å²) in [6.07, 6.45) is 6.20. The van der Waals surface area contributed by atoms with E-state index in [1.165, 1.54) is 18.9 Å². The molecule has 1 N–H and O–H groups in total. The molecule has 0 unspecified atom stereocenters. The number of aromatic nitrogens is 1. The van der Waals surface area contributed by atoms with E-state index < -0.39 is 5.97 Å².